The van der Waals surface area contributed by atoms with Crippen molar-refractivity contribution in [3.8, 4) is 0 Å². The largest absolute Gasteiger partial charge is 0.322 e. The van der Waals surface area contributed by atoms with Crippen LogP contribution in [0.4, 0.5) is 0 Å². The molecule has 0 bridgehead atoms. The van der Waals surface area contributed by atoms with Gasteiger partial charge in [0.15, 0.2) is 0 Å². The van der Waals surface area contributed by atoms with Crippen molar-refractivity contribution in [1.29, 1.82) is 0 Å². The summed E-state index contributed by atoms with van der Waals surface area (Å²) in [6.07, 6.45) is 5.31. The number of rotatable bonds is 2. The number of hydrogen-bond acceptors (Lipinski definition) is 1. The molecule has 1 aromatic rings. The van der Waals surface area contributed by atoms with Crippen molar-refractivity contribution in [3.63, 3.8) is 0 Å². The van der Waals surface area contributed by atoms with E-state index in [0.29, 0.717) is 0 Å². The number of allylic oxidation sites excluding steroid dienone is 2. The van der Waals surface area contributed by atoms with Gasteiger partial charge in [0.2, 0.25) is 0 Å². The van der Waals surface area contributed by atoms with Crippen molar-refractivity contribution in [3.05, 3.63) is 52.0 Å². The van der Waals surface area contributed by atoms with Gasteiger partial charge in [0.1, 0.15) is 0 Å². The molecule has 1 aromatic heterocycles. The number of pyridine rings is 1. The summed E-state index contributed by atoms with van der Waals surface area (Å²) in [5.74, 6) is 0. The second-order valence-electron chi connectivity index (χ2n) is 2.97. The van der Waals surface area contributed by atoms with E-state index in [1.54, 1.807) is 19.1 Å². The fraction of sp³-hybridized carbons (Fsp3) is 0.182. The molecule has 0 aliphatic rings. The molecule has 1 rings (SSSR count). The summed E-state index contributed by atoms with van der Waals surface area (Å²) in [4.78, 5) is 14.0. The van der Waals surface area contributed by atoms with Crippen LogP contribution in [0.1, 0.15) is 16.8 Å². The summed E-state index contributed by atoms with van der Waals surface area (Å²) < 4.78 is 0. The van der Waals surface area contributed by atoms with Crippen molar-refractivity contribution in [2.45, 2.75) is 13.8 Å². The Balaban J connectivity index is 3.23. The SMILES string of the molecule is C=C/C=C\c1[nH]c(=O)c(C)cc1C. The summed E-state index contributed by atoms with van der Waals surface area (Å²) in [7, 11) is 0. The van der Waals surface area contributed by atoms with Crippen LogP contribution >= 0.6 is 0 Å². The normalized spacial score (nSPS) is 10.6. The lowest BCUT2D eigenvalue weighted by Gasteiger charge is -2.00. The van der Waals surface area contributed by atoms with Gasteiger partial charge in [-0.3, -0.25) is 4.79 Å². The van der Waals surface area contributed by atoms with Gasteiger partial charge >= 0.3 is 0 Å². The Morgan fingerprint density at radius 1 is 1.38 bits per heavy atom. The van der Waals surface area contributed by atoms with Gasteiger partial charge in [-0.2, -0.15) is 0 Å². The maximum absolute atomic E-state index is 11.2. The van der Waals surface area contributed by atoms with Crippen LogP contribution in [-0.2, 0) is 0 Å². The molecule has 0 fully saturated rings. The topological polar surface area (TPSA) is 32.9 Å². The maximum Gasteiger partial charge on any atom is 0.251 e. The molecule has 0 saturated heterocycles. The number of hydrogen-bond donors (Lipinski definition) is 1. The van der Waals surface area contributed by atoms with E-state index in [-0.39, 0.29) is 5.56 Å². The van der Waals surface area contributed by atoms with Crippen molar-refractivity contribution < 1.29 is 0 Å². The quantitative estimate of drug-likeness (QED) is 0.687. The molecule has 2 nitrogen and oxygen atoms in total. The minimum atomic E-state index is -0.0330. The lowest BCUT2D eigenvalue weighted by molar-refractivity contribution is 1.13. The van der Waals surface area contributed by atoms with Crippen molar-refractivity contribution >= 4 is 6.08 Å². The summed E-state index contributed by atoms with van der Waals surface area (Å²) in [6.45, 7) is 7.33. The highest BCUT2D eigenvalue weighted by molar-refractivity contribution is 5.50. The lowest BCUT2D eigenvalue weighted by Crippen LogP contribution is -2.11. The van der Waals surface area contributed by atoms with E-state index in [1.165, 1.54) is 0 Å². The van der Waals surface area contributed by atoms with Gasteiger partial charge in [-0.1, -0.05) is 18.7 Å². The summed E-state index contributed by atoms with van der Waals surface area (Å²) in [6, 6.07) is 1.88. The van der Waals surface area contributed by atoms with Crippen molar-refractivity contribution in [2.24, 2.45) is 0 Å². The molecule has 13 heavy (non-hydrogen) atoms. The van der Waals surface area contributed by atoms with E-state index < -0.39 is 0 Å². The Labute approximate surface area is 77.6 Å². The average Bonchev–Trinajstić information content (AvgIpc) is 2.09. The zero-order valence-electron chi connectivity index (χ0n) is 7.92. The molecular formula is C11H13NO. The molecule has 0 spiro atoms. The van der Waals surface area contributed by atoms with Crippen LogP contribution in [0.2, 0.25) is 0 Å². The zero-order valence-corrected chi connectivity index (χ0v) is 7.92. The molecule has 1 N–H and O–H groups in total. The van der Waals surface area contributed by atoms with E-state index >= 15 is 0 Å². The molecule has 0 aromatic carbocycles. The first-order chi connectivity index (χ1) is 6.15. The summed E-state index contributed by atoms with van der Waals surface area (Å²) in [5, 5.41) is 0. The number of aromatic amines is 1. The Morgan fingerprint density at radius 3 is 2.69 bits per heavy atom. The highest BCUT2D eigenvalue weighted by Gasteiger charge is 1.97. The van der Waals surface area contributed by atoms with Gasteiger partial charge in [0.05, 0.1) is 0 Å². The zero-order chi connectivity index (χ0) is 9.84. The van der Waals surface area contributed by atoms with Crippen molar-refractivity contribution in [1.82, 2.24) is 4.98 Å². The molecule has 0 atom stereocenters. The van der Waals surface area contributed by atoms with Crippen LogP contribution in [0.3, 0.4) is 0 Å². The third kappa shape index (κ3) is 2.18. The first-order valence-electron chi connectivity index (χ1n) is 4.15. The molecule has 1 heterocycles. The first kappa shape index (κ1) is 9.52. The highest BCUT2D eigenvalue weighted by atomic mass is 16.1. The van der Waals surface area contributed by atoms with Gasteiger partial charge < -0.3 is 4.98 Å². The smallest absolute Gasteiger partial charge is 0.251 e. The van der Waals surface area contributed by atoms with Crippen LogP contribution in [0.25, 0.3) is 6.08 Å². The monoisotopic (exact) mass is 175 g/mol. The lowest BCUT2D eigenvalue weighted by atomic mass is 10.1. The van der Waals surface area contributed by atoms with Crippen LogP contribution in [0.15, 0.2) is 29.6 Å². The highest BCUT2D eigenvalue weighted by Crippen LogP contribution is 2.05. The van der Waals surface area contributed by atoms with Gasteiger partial charge in [-0.15, -0.1) is 0 Å². The van der Waals surface area contributed by atoms with Crippen LogP contribution in [0.5, 0.6) is 0 Å². The second kappa shape index (κ2) is 3.90. The maximum atomic E-state index is 11.2. The Kier molecular flexibility index (Phi) is 2.85. The minimum absolute atomic E-state index is 0.0330. The standard InChI is InChI=1S/C11H13NO/c1-4-5-6-10-8(2)7-9(3)11(13)12-10/h4-7H,1H2,2-3H3,(H,12,13)/b6-5-. The third-order valence-corrected chi connectivity index (χ3v) is 1.86. The van der Waals surface area contributed by atoms with E-state index in [1.807, 2.05) is 19.1 Å². The molecule has 0 aliphatic carbocycles. The Hall–Kier alpha value is -1.57. The Bertz CT molecular complexity index is 399. The summed E-state index contributed by atoms with van der Waals surface area (Å²) >= 11 is 0. The molecule has 0 aliphatic heterocycles. The first-order valence-corrected chi connectivity index (χ1v) is 4.15. The fourth-order valence-corrected chi connectivity index (χ4v) is 1.12. The molecular weight excluding hydrogens is 162 g/mol. The van der Waals surface area contributed by atoms with E-state index in [9.17, 15) is 4.79 Å². The van der Waals surface area contributed by atoms with Gasteiger partial charge in [-0.05, 0) is 31.6 Å². The average molecular weight is 175 g/mol. The van der Waals surface area contributed by atoms with Crippen molar-refractivity contribution in [2.75, 3.05) is 0 Å². The predicted octanol–water partition coefficient (Wildman–Crippen LogP) is 2.19. The minimum Gasteiger partial charge on any atom is -0.322 e. The van der Waals surface area contributed by atoms with Gasteiger partial charge in [-0.25, -0.2) is 0 Å². The van der Waals surface area contributed by atoms with Gasteiger partial charge in [0.25, 0.3) is 5.56 Å². The molecule has 0 radical (unpaired) electrons. The van der Waals surface area contributed by atoms with Crippen LogP contribution < -0.4 is 5.56 Å². The molecule has 2 heteroatoms. The summed E-state index contributed by atoms with van der Waals surface area (Å²) in [5.41, 5.74) is 2.62. The molecule has 68 valence electrons. The van der Waals surface area contributed by atoms with Gasteiger partial charge in [0, 0.05) is 11.3 Å². The third-order valence-electron chi connectivity index (χ3n) is 1.86. The second-order valence-corrected chi connectivity index (χ2v) is 2.97. The molecule has 0 amide bonds. The molecule has 0 saturated carbocycles. The predicted molar refractivity (Wildman–Crippen MR) is 55.8 cm³/mol. The van der Waals surface area contributed by atoms with Crippen LogP contribution in [-0.4, -0.2) is 4.98 Å². The van der Waals surface area contributed by atoms with Crippen LogP contribution in [0, 0.1) is 13.8 Å². The van der Waals surface area contributed by atoms with E-state index in [0.717, 1.165) is 16.8 Å². The molecule has 0 unspecified atom stereocenters. The van der Waals surface area contributed by atoms with E-state index in [2.05, 4.69) is 11.6 Å². The van der Waals surface area contributed by atoms with E-state index in [4.69, 9.17) is 0 Å². The fourth-order valence-electron chi connectivity index (χ4n) is 1.12. The number of nitrogens with one attached hydrogen (secondary N) is 1. The number of aryl methyl sites for hydroxylation is 2. The number of H-pyrrole nitrogens is 1. The Morgan fingerprint density at radius 2 is 2.08 bits per heavy atom. The number of aromatic nitrogens is 1.